The fourth-order valence-corrected chi connectivity index (χ4v) is 1.22. The van der Waals surface area contributed by atoms with E-state index in [1.165, 1.54) is 0 Å². The summed E-state index contributed by atoms with van der Waals surface area (Å²) in [6.07, 6.45) is -0.448. The van der Waals surface area contributed by atoms with Crippen LogP contribution in [0.15, 0.2) is 12.1 Å². The van der Waals surface area contributed by atoms with Crippen LogP contribution in [0, 0.1) is 5.82 Å². The molecule has 0 aliphatic rings. The van der Waals surface area contributed by atoms with Gasteiger partial charge in [-0.05, 0) is 12.1 Å². The highest BCUT2D eigenvalue weighted by Crippen LogP contribution is 2.24. The van der Waals surface area contributed by atoms with Crippen LogP contribution in [-0.2, 0) is 11.2 Å². The Morgan fingerprint density at radius 3 is 2.59 bits per heavy atom. The molecule has 92 valence electrons. The highest BCUT2D eigenvalue weighted by Gasteiger charge is 2.17. The number of aldehydes is 1. The summed E-state index contributed by atoms with van der Waals surface area (Å²) in [6.45, 7) is -3.26. The third kappa shape index (κ3) is 3.47. The summed E-state index contributed by atoms with van der Waals surface area (Å²) in [5, 5.41) is 8.48. The van der Waals surface area contributed by atoms with Crippen molar-refractivity contribution in [1.82, 2.24) is 0 Å². The van der Waals surface area contributed by atoms with Crippen molar-refractivity contribution < 1.29 is 32.6 Å². The molecule has 1 aromatic carbocycles. The van der Waals surface area contributed by atoms with Crippen LogP contribution in [0.25, 0.3) is 0 Å². The van der Waals surface area contributed by atoms with E-state index in [2.05, 4.69) is 4.74 Å². The molecule has 0 saturated heterocycles. The lowest BCUT2D eigenvalue weighted by Gasteiger charge is -2.09. The van der Waals surface area contributed by atoms with Crippen molar-refractivity contribution in [3.05, 3.63) is 29.1 Å². The lowest BCUT2D eigenvalue weighted by molar-refractivity contribution is -0.136. The highest BCUT2D eigenvalue weighted by atomic mass is 19.3. The number of benzene rings is 1. The zero-order valence-electron chi connectivity index (χ0n) is 8.32. The Bertz CT molecular complexity index is 445. The standard InChI is InChI=1S/C10H7F3O4/c11-9-6(3-8(15)16)1-5(4-14)2-7(9)17-10(12)13/h1-2,4,10H,3H2,(H,15,16). The lowest BCUT2D eigenvalue weighted by atomic mass is 10.1. The van der Waals surface area contributed by atoms with Gasteiger partial charge < -0.3 is 9.84 Å². The number of alkyl halides is 2. The van der Waals surface area contributed by atoms with Gasteiger partial charge in [0, 0.05) is 11.1 Å². The van der Waals surface area contributed by atoms with Gasteiger partial charge in [-0.3, -0.25) is 9.59 Å². The third-order valence-corrected chi connectivity index (χ3v) is 1.83. The highest BCUT2D eigenvalue weighted by molar-refractivity contribution is 5.78. The third-order valence-electron chi connectivity index (χ3n) is 1.83. The molecule has 17 heavy (non-hydrogen) atoms. The molecule has 0 unspecified atom stereocenters. The van der Waals surface area contributed by atoms with Crippen molar-refractivity contribution in [2.45, 2.75) is 13.0 Å². The van der Waals surface area contributed by atoms with Crippen LogP contribution in [0.5, 0.6) is 5.75 Å². The van der Waals surface area contributed by atoms with Crippen molar-refractivity contribution in [2.75, 3.05) is 0 Å². The smallest absolute Gasteiger partial charge is 0.387 e. The van der Waals surface area contributed by atoms with Gasteiger partial charge in [-0.2, -0.15) is 8.78 Å². The second-order valence-electron chi connectivity index (χ2n) is 3.06. The van der Waals surface area contributed by atoms with E-state index in [-0.39, 0.29) is 11.8 Å². The maximum absolute atomic E-state index is 13.5. The Labute approximate surface area is 93.6 Å². The summed E-state index contributed by atoms with van der Waals surface area (Å²) in [4.78, 5) is 20.9. The van der Waals surface area contributed by atoms with Gasteiger partial charge in [-0.1, -0.05) is 0 Å². The predicted octanol–water partition coefficient (Wildman–Crippen LogP) is 1.87. The maximum atomic E-state index is 13.5. The number of carboxylic acids is 1. The lowest BCUT2D eigenvalue weighted by Crippen LogP contribution is -2.08. The van der Waals surface area contributed by atoms with Gasteiger partial charge in [0.25, 0.3) is 0 Å². The van der Waals surface area contributed by atoms with E-state index in [1.54, 1.807) is 0 Å². The van der Waals surface area contributed by atoms with E-state index < -0.39 is 36.1 Å². The molecule has 1 N–H and O–H groups in total. The fraction of sp³-hybridized carbons (Fsp3) is 0.200. The average molecular weight is 248 g/mol. The summed E-state index contributed by atoms with van der Waals surface area (Å²) >= 11 is 0. The molecule has 1 aromatic rings. The molecular formula is C10H7F3O4. The minimum absolute atomic E-state index is 0.140. The Hall–Kier alpha value is -2.05. The molecule has 0 atom stereocenters. The van der Waals surface area contributed by atoms with Gasteiger partial charge in [0.1, 0.15) is 6.29 Å². The molecule has 0 aromatic heterocycles. The molecule has 0 amide bonds. The topological polar surface area (TPSA) is 63.6 Å². The second-order valence-corrected chi connectivity index (χ2v) is 3.06. The normalized spacial score (nSPS) is 10.4. The van der Waals surface area contributed by atoms with Crippen LogP contribution in [0.4, 0.5) is 13.2 Å². The first kappa shape index (κ1) is 13.0. The van der Waals surface area contributed by atoms with Crippen molar-refractivity contribution in [1.29, 1.82) is 0 Å². The molecule has 0 radical (unpaired) electrons. The van der Waals surface area contributed by atoms with E-state index in [0.29, 0.717) is 0 Å². The summed E-state index contributed by atoms with van der Waals surface area (Å²) in [7, 11) is 0. The zero-order chi connectivity index (χ0) is 13.0. The first-order valence-electron chi connectivity index (χ1n) is 4.38. The van der Waals surface area contributed by atoms with E-state index in [0.717, 1.165) is 12.1 Å². The van der Waals surface area contributed by atoms with E-state index in [1.807, 2.05) is 0 Å². The molecule has 0 heterocycles. The number of halogens is 3. The summed E-state index contributed by atoms with van der Waals surface area (Å²) in [6, 6.07) is 1.74. The number of rotatable bonds is 5. The number of carboxylic acid groups (broad SMARTS) is 1. The Kier molecular flexibility index (Phi) is 4.08. The monoisotopic (exact) mass is 248 g/mol. The molecular weight excluding hydrogens is 241 g/mol. The van der Waals surface area contributed by atoms with E-state index >= 15 is 0 Å². The summed E-state index contributed by atoms with van der Waals surface area (Å²) in [5.74, 6) is -3.41. The van der Waals surface area contributed by atoms with Gasteiger partial charge in [0.2, 0.25) is 0 Å². The van der Waals surface area contributed by atoms with Crippen LogP contribution in [0.2, 0.25) is 0 Å². The Morgan fingerprint density at radius 1 is 1.47 bits per heavy atom. The fourth-order valence-electron chi connectivity index (χ4n) is 1.22. The molecule has 0 aliphatic carbocycles. The maximum Gasteiger partial charge on any atom is 0.387 e. The van der Waals surface area contributed by atoms with Crippen LogP contribution in [-0.4, -0.2) is 24.0 Å². The number of aliphatic carboxylic acids is 1. The number of carbonyl (C=O) groups excluding carboxylic acids is 1. The first-order valence-corrected chi connectivity index (χ1v) is 4.38. The van der Waals surface area contributed by atoms with E-state index in [4.69, 9.17) is 5.11 Å². The Morgan fingerprint density at radius 2 is 2.12 bits per heavy atom. The number of hydrogen-bond acceptors (Lipinski definition) is 3. The largest absolute Gasteiger partial charge is 0.481 e. The van der Waals surface area contributed by atoms with E-state index in [9.17, 15) is 22.8 Å². The predicted molar refractivity (Wildman–Crippen MR) is 49.8 cm³/mol. The van der Waals surface area contributed by atoms with Crippen LogP contribution < -0.4 is 4.74 Å². The number of carbonyl (C=O) groups is 2. The average Bonchev–Trinajstić information content (AvgIpc) is 2.22. The minimum Gasteiger partial charge on any atom is -0.481 e. The summed E-state index contributed by atoms with van der Waals surface area (Å²) in [5.41, 5.74) is -0.531. The van der Waals surface area contributed by atoms with Gasteiger partial charge in [0.15, 0.2) is 11.6 Å². The van der Waals surface area contributed by atoms with Gasteiger partial charge in [0.05, 0.1) is 6.42 Å². The molecule has 1 rings (SSSR count). The van der Waals surface area contributed by atoms with Gasteiger partial charge in [-0.25, -0.2) is 4.39 Å². The zero-order valence-corrected chi connectivity index (χ0v) is 8.32. The molecule has 0 saturated carbocycles. The Balaban J connectivity index is 3.20. The molecule has 0 bridgehead atoms. The molecule has 4 nitrogen and oxygen atoms in total. The van der Waals surface area contributed by atoms with Gasteiger partial charge >= 0.3 is 12.6 Å². The van der Waals surface area contributed by atoms with Crippen LogP contribution in [0.1, 0.15) is 15.9 Å². The number of hydrogen-bond donors (Lipinski definition) is 1. The number of ether oxygens (including phenoxy) is 1. The summed E-state index contributed by atoms with van der Waals surface area (Å²) < 4.78 is 41.2. The van der Waals surface area contributed by atoms with Crippen molar-refractivity contribution >= 4 is 12.3 Å². The SMILES string of the molecule is O=Cc1cc(CC(=O)O)c(F)c(OC(F)F)c1. The molecule has 0 spiro atoms. The van der Waals surface area contributed by atoms with Crippen LogP contribution >= 0.6 is 0 Å². The molecule has 7 heteroatoms. The van der Waals surface area contributed by atoms with Crippen molar-refractivity contribution in [2.24, 2.45) is 0 Å². The molecule has 0 fully saturated rings. The quantitative estimate of drug-likeness (QED) is 0.808. The second kappa shape index (κ2) is 5.33. The van der Waals surface area contributed by atoms with Crippen molar-refractivity contribution in [3.63, 3.8) is 0 Å². The molecule has 0 aliphatic heterocycles. The van der Waals surface area contributed by atoms with Crippen LogP contribution in [0.3, 0.4) is 0 Å². The van der Waals surface area contributed by atoms with Crippen molar-refractivity contribution in [3.8, 4) is 5.75 Å². The van der Waals surface area contributed by atoms with Gasteiger partial charge in [-0.15, -0.1) is 0 Å². The first-order chi connectivity index (χ1) is 7.93. The minimum atomic E-state index is -3.26.